The number of ether oxygens (including phenoxy) is 1. The average molecular weight is 491 g/mol. The number of thiophene rings is 1. The van der Waals surface area contributed by atoms with Crippen molar-refractivity contribution in [1.29, 1.82) is 0 Å². The Hall–Kier alpha value is -1.32. The minimum atomic E-state index is -0.185. The molecule has 0 amide bonds. The molecule has 0 saturated carbocycles. The number of aromatic nitrogens is 4. The topological polar surface area (TPSA) is 52.3 Å². The summed E-state index contributed by atoms with van der Waals surface area (Å²) >= 11 is 11.2. The van der Waals surface area contributed by atoms with E-state index < -0.39 is 0 Å². The number of fused-ring (bicyclic) bond motifs is 5. The maximum atomic E-state index is 6.05. The lowest BCUT2D eigenvalue weighted by Gasteiger charge is -2.30. The number of thioether (sulfide) groups is 2. The Bertz CT molecular complexity index is 1260. The number of halogens is 1. The fraction of sp³-hybridized carbons (Fsp3) is 0.409. The van der Waals surface area contributed by atoms with Crippen molar-refractivity contribution in [2.75, 3.05) is 0 Å². The number of hydrogen-bond acceptors (Lipinski definition) is 7. The molecule has 0 spiro atoms. The van der Waals surface area contributed by atoms with E-state index in [1.807, 2.05) is 12.1 Å². The predicted molar refractivity (Wildman–Crippen MR) is 131 cm³/mol. The first kappa shape index (κ1) is 21.5. The Morgan fingerprint density at radius 2 is 1.97 bits per heavy atom. The molecule has 0 N–H and O–H groups in total. The molecule has 31 heavy (non-hydrogen) atoms. The van der Waals surface area contributed by atoms with Crippen LogP contribution in [0.2, 0.25) is 5.02 Å². The van der Waals surface area contributed by atoms with E-state index in [1.165, 1.54) is 16.0 Å². The van der Waals surface area contributed by atoms with Crippen LogP contribution in [0.3, 0.4) is 0 Å². The lowest BCUT2D eigenvalue weighted by atomic mass is 9.94. The second-order valence-electron chi connectivity index (χ2n) is 8.53. The van der Waals surface area contributed by atoms with Crippen LogP contribution >= 0.6 is 46.5 Å². The zero-order chi connectivity index (χ0) is 21.8. The van der Waals surface area contributed by atoms with E-state index in [0.29, 0.717) is 11.9 Å². The van der Waals surface area contributed by atoms with Crippen LogP contribution in [-0.2, 0) is 23.5 Å². The second kappa shape index (κ2) is 8.23. The molecule has 9 heteroatoms. The molecule has 0 unspecified atom stereocenters. The molecule has 162 valence electrons. The molecule has 0 aliphatic carbocycles. The van der Waals surface area contributed by atoms with Gasteiger partial charge in [0, 0.05) is 27.3 Å². The number of rotatable bonds is 5. The van der Waals surface area contributed by atoms with Gasteiger partial charge in [0.2, 0.25) is 0 Å². The predicted octanol–water partition coefficient (Wildman–Crippen LogP) is 6.64. The van der Waals surface area contributed by atoms with Gasteiger partial charge in [0.05, 0.1) is 17.6 Å². The summed E-state index contributed by atoms with van der Waals surface area (Å²) < 4.78 is 8.19. The van der Waals surface area contributed by atoms with Gasteiger partial charge in [0.15, 0.2) is 16.0 Å². The minimum absolute atomic E-state index is 0.185. The van der Waals surface area contributed by atoms with Crippen LogP contribution in [0.4, 0.5) is 0 Å². The molecule has 0 fully saturated rings. The molecule has 0 saturated heterocycles. The third-order valence-electron chi connectivity index (χ3n) is 5.14. The molecule has 0 bridgehead atoms. The van der Waals surface area contributed by atoms with Crippen molar-refractivity contribution < 1.29 is 4.74 Å². The van der Waals surface area contributed by atoms with Crippen LogP contribution in [0, 0.1) is 0 Å². The SMILES string of the molecule is CC(C)Sc1nc2sc3c(c2c2nnc(SCc4ccc(Cl)cc4)n12)CC(C)(C)OC3. The van der Waals surface area contributed by atoms with Gasteiger partial charge >= 0.3 is 0 Å². The van der Waals surface area contributed by atoms with Gasteiger partial charge in [-0.25, -0.2) is 9.38 Å². The summed E-state index contributed by atoms with van der Waals surface area (Å²) in [7, 11) is 0. The van der Waals surface area contributed by atoms with E-state index in [4.69, 9.17) is 21.3 Å². The summed E-state index contributed by atoms with van der Waals surface area (Å²) in [6.07, 6.45) is 0.858. The first-order valence-electron chi connectivity index (χ1n) is 10.2. The lowest BCUT2D eigenvalue weighted by molar-refractivity contribution is -0.0379. The van der Waals surface area contributed by atoms with Crippen molar-refractivity contribution >= 4 is 62.3 Å². The van der Waals surface area contributed by atoms with Gasteiger partial charge in [-0.3, -0.25) is 0 Å². The standard InChI is InChI=1S/C22H23ClN4OS3/c1-12(2)30-20-24-19-17(15-9-22(3,4)28-10-16(15)31-19)18-25-26-21(27(18)20)29-11-13-5-7-14(23)8-6-13/h5-8,12H,9-11H2,1-4H3. The van der Waals surface area contributed by atoms with Crippen LogP contribution < -0.4 is 0 Å². The van der Waals surface area contributed by atoms with Crippen LogP contribution in [0.15, 0.2) is 34.6 Å². The van der Waals surface area contributed by atoms with Crippen molar-refractivity contribution in [3.05, 3.63) is 45.3 Å². The van der Waals surface area contributed by atoms with E-state index in [0.717, 1.165) is 43.4 Å². The average Bonchev–Trinajstić information content (AvgIpc) is 3.27. The van der Waals surface area contributed by atoms with Crippen molar-refractivity contribution in [2.45, 2.75) is 67.6 Å². The quantitative estimate of drug-likeness (QED) is 0.231. The van der Waals surface area contributed by atoms with E-state index in [9.17, 15) is 0 Å². The largest absolute Gasteiger partial charge is 0.370 e. The van der Waals surface area contributed by atoms with E-state index in [2.05, 4.69) is 54.4 Å². The molecular weight excluding hydrogens is 468 g/mol. The Morgan fingerprint density at radius 1 is 1.19 bits per heavy atom. The summed E-state index contributed by atoms with van der Waals surface area (Å²) in [5.74, 6) is 0.796. The van der Waals surface area contributed by atoms with Gasteiger partial charge in [0.1, 0.15) is 4.83 Å². The van der Waals surface area contributed by atoms with Crippen LogP contribution in [0.1, 0.15) is 43.7 Å². The van der Waals surface area contributed by atoms with Gasteiger partial charge in [-0.15, -0.1) is 21.5 Å². The molecule has 1 aromatic carbocycles. The molecule has 3 aromatic heterocycles. The van der Waals surface area contributed by atoms with E-state index in [1.54, 1.807) is 34.9 Å². The zero-order valence-corrected chi connectivity index (χ0v) is 21.0. The Balaban J connectivity index is 1.62. The third kappa shape index (κ3) is 4.20. The first-order valence-corrected chi connectivity index (χ1v) is 13.2. The van der Waals surface area contributed by atoms with E-state index in [-0.39, 0.29) is 5.60 Å². The van der Waals surface area contributed by atoms with Crippen molar-refractivity contribution in [1.82, 2.24) is 19.6 Å². The molecule has 5 nitrogen and oxygen atoms in total. The highest BCUT2D eigenvalue weighted by molar-refractivity contribution is 8.00. The Labute approximate surface area is 198 Å². The third-order valence-corrected chi connectivity index (χ3v) is 8.44. The normalized spacial score (nSPS) is 15.8. The Morgan fingerprint density at radius 3 is 2.71 bits per heavy atom. The van der Waals surface area contributed by atoms with Gasteiger partial charge in [-0.1, -0.05) is 61.1 Å². The zero-order valence-electron chi connectivity index (χ0n) is 17.8. The summed E-state index contributed by atoms with van der Waals surface area (Å²) in [5.41, 5.74) is 3.23. The summed E-state index contributed by atoms with van der Waals surface area (Å²) in [5, 5.41) is 13.3. The second-order valence-corrected chi connectivity index (χ2v) is 12.5. The number of hydrogen-bond donors (Lipinski definition) is 0. The number of nitrogens with zero attached hydrogens (tertiary/aromatic N) is 4. The highest BCUT2D eigenvalue weighted by Crippen LogP contribution is 2.42. The van der Waals surface area contributed by atoms with Gasteiger partial charge < -0.3 is 4.74 Å². The highest BCUT2D eigenvalue weighted by atomic mass is 35.5. The Kier molecular flexibility index (Phi) is 5.71. The molecule has 4 heterocycles. The molecule has 0 radical (unpaired) electrons. The van der Waals surface area contributed by atoms with Crippen molar-refractivity contribution in [2.24, 2.45) is 0 Å². The maximum absolute atomic E-state index is 6.05. The van der Waals surface area contributed by atoms with Crippen molar-refractivity contribution in [3.8, 4) is 0 Å². The minimum Gasteiger partial charge on any atom is -0.370 e. The van der Waals surface area contributed by atoms with Gasteiger partial charge in [0.25, 0.3) is 0 Å². The van der Waals surface area contributed by atoms with Gasteiger partial charge in [-0.2, -0.15) is 0 Å². The maximum Gasteiger partial charge on any atom is 0.198 e. The summed E-state index contributed by atoms with van der Waals surface area (Å²) in [4.78, 5) is 7.36. The molecule has 0 atom stereocenters. The van der Waals surface area contributed by atoms with Crippen LogP contribution in [0.5, 0.6) is 0 Å². The summed E-state index contributed by atoms with van der Waals surface area (Å²) in [6.45, 7) is 9.29. The molecule has 1 aliphatic rings. The summed E-state index contributed by atoms with van der Waals surface area (Å²) in [6, 6.07) is 7.95. The first-order chi connectivity index (χ1) is 14.8. The molecule has 1 aliphatic heterocycles. The number of benzene rings is 1. The van der Waals surface area contributed by atoms with Gasteiger partial charge in [-0.05, 0) is 37.1 Å². The van der Waals surface area contributed by atoms with Crippen molar-refractivity contribution in [3.63, 3.8) is 0 Å². The molecule has 4 aromatic rings. The molecule has 5 rings (SSSR count). The fourth-order valence-corrected chi connectivity index (χ4v) is 6.77. The monoisotopic (exact) mass is 490 g/mol. The fourth-order valence-electron chi connectivity index (χ4n) is 3.70. The van der Waals surface area contributed by atoms with Crippen LogP contribution in [-0.4, -0.2) is 30.4 Å². The molecular formula is C22H23ClN4OS3. The van der Waals surface area contributed by atoms with E-state index >= 15 is 0 Å². The van der Waals surface area contributed by atoms with Crippen LogP contribution in [0.25, 0.3) is 15.9 Å². The highest BCUT2D eigenvalue weighted by Gasteiger charge is 2.31. The smallest absolute Gasteiger partial charge is 0.198 e. The lowest BCUT2D eigenvalue weighted by Crippen LogP contribution is -2.31.